The van der Waals surface area contributed by atoms with Gasteiger partial charge in [-0.1, -0.05) is 18.0 Å². The molecule has 1 saturated carbocycles. The molecule has 0 amide bonds. The predicted molar refractivity (Wildman–Crippen MR) is 89.8 cm³/mol. The first-order valence-corrected chi connectivity index (χ1v) is 8.04. The molecule has 0 saturated heterocycles. The molecule has 0 atom stereocenters. The van der Waals surface area contributed by atoms with Crippen LogP contribution in [0.15, 0.2) is 17.1 Å². The number of benzene rings is 1. The van der Waals surface area contributed by atoms with Gasteiger partial charge < -0.3 is 20.5 Å². The summed E-state index contributed by atoms with van der Waals surface area (Å²) in [5, 5.41) is 3.69. The molecule has 1 fully saturated rings. The summed E-state index contributed by atoms with van der Waals surface area (Å²) < 4.78 is 10.8. The maximum atomic E-state index is 6.24. The number of ether oxygens (including phenoxy) is 2. The van der Waals surface area contributed by atoms with Gasteiger partial charge in [-0.15, -0.1) is 0 Å². The lowest BCUT2D eigenvalue weighted by molar-refractivity contribution is 0.311. The molecule has 1 aromatic rings. The Morgan fingerprint density at radius 1 is 1.45 bits per heavy atom. The van der Waals surface area contributed by atoms with Crippen LogP contribution in [0.5, 0.6) is 11.5 Å². The van der Waals surface area contributed by atoms with E-state index in [0.29, 0.717) is 35.6 Å². The molecule has 3 N–H and O–H groups in total. The highest BCUT2D eigenvalue weighted by Gasteiger charge is 2.16. The molecule has 0 bridgehead atoms. The number of guanidine groups is 1. The minimum Gasteiger partial charge on any atom is -0.493 e. The molecule has 2 rings (SSSR count). The van der Waals surface area contributed by atoms with Crippen LogP contribution in [-0.4, -0.2) is 26.2 Å². The average Bonchev–Trinajstić information content (AvgIpc) is 2.45. The SMILES string of the molecule is CCOc1c(Cl)cc(CN=C(N)NCC2CCC2)cc1OC. The van der Waals surface area contributed by atoms with Gasteiger partial charge in [0.05, 0.1) is 25.3 Å². The molecule has 0 aliphatic heterocycles. The zero-order chi connectivity index (χ0) is 15.9. The van der Waals surface area contributed by atoms with Crippen molar-refractivity contribution in [2.75, 3.05) is 20.3 Å². The van der Waals surface area contributed by atoms with Crippen molar-refractivity contribution in [1.82, 2.24) is 5.32 Å². The Bertz CT molecular complexity index is 530. The van der Waals surface area contributed by atoms with Gasteiger partial charge in [-0.2, -0.15) is 0 Å². The average molecular weight is 326 g/mol. The summed E-state index contributed by atoms with van der Waals surface area (Å²) in [5.74, 6) is 2.39. The topological polar surface area (TPSA) is 68.9 Å². The smallest absolute Gasteiger partial charge is 0.188 e. The Morgan fingerprint density at radius 3 is 2.82 bits per heavy atom. The van der Waals surface area contributed by atoms with Crippen LogP contribution in [0.2, 0.25) is 5.02 Å². The lowest BCUT2D eigenvalue weighted by Crippen LogP contribution is -2.37. The van der Waals surface area contributed by atoms with Gasteiger partial charge in [0.25, 0.3) is 0 Å². The molecule has 1 aliphatic rings. The third-order valence-corrected chi connectivity index (χ3v) is 4.09. The largest absolute Gasteiger partial charge is 0.493 e. The zero-order valence-corrected chi connectivity index (χ0v) is 13.9. The molecule has 5 nitrogen and oxygen atoms in total. The van der Waals surface area contributed by atoms with E-state index >= 15 is 0 Å². The number of rotatable bonds is 7. The van der Waals surface area contributed by atoms with Crippen LogP contribution in [-0.2, 0) is 6.54 Å². The van der Waals surface area contributed by atoms with Gasteiger partial charge in [0.15, 0.2) is 17.5 Å². The number of methoxy groups -OCH3 is 1. The third-order valence-electron chi connectivity index (χ3n) is 3.81. The fourth-order valence-electron chi connectivity index (χ4n) is 2.33. The molecule has 0 radical (unpaired) electrons. The van der Waals surface area contributed by atoms with Gasteiger partial charge in [0.1, 0.15) is 0 Å². The second-order valence-electron chi connectivity index (χ2n) is 5.42. The number of nitrogens with two attached hydrogens (primary N) is 1. The molecular formula is C16H24ClN3O2. The van der Waals surface area contributed by atoms with Crippen molar-refractivity contribution in [3.8, 4) is 11.5 Å². The van der Waals surface area contributed by atoms with Crippen molar-refractivity contribution < 1.29 is 9.47 Å². The van der Waals surface area contributed by atoms with E-state index in [1.807, 2.05) is 19.1 Å². The minimum atomic E-state index is 0.450. The van der Waals surface area contributed by atoms with E-state index in [9.17, 15) is 0 Å². The normalized spacial score (nSPS) is 15.3. The third kappa shape index (κ3) is 4.44. The van der Waals surface area contributed by atoms with Gasteiger partial charge in [-0.25, -0.2) is 4.99 Å². The van der Waals surface area contributed by atoms with Crippen molar-refractivity contribution in [2.24, 2.45) is 16.6 Å². The maximum absolute atomic E-state index is 6.24. The first-order chi connectivity index (χ1) is 10.6. The second-order valence-corrected chi connectivity index (χ2v) is 5.83. The Morgan fingerprint density at radius 2 is 2.23 bits per heavy atom. The van der Waals surface area contributed by atoms with E-state index in [4.69, 9.17) is 26.8 Å². The van der Waals surface area contributed by atoms with Crippen molar-refractivity contribution in [3.63, 3.8) is 0 Å². The summed E-state index contributed by atoms with van der Waals surface area (Å²) in [6, 6.07) is 3.71. The van der Waals surface area contributed by atoms with Crippen LogP contribution in [0.25, 0.3) is 0 Å². The summed E-state index contributed by atoms with van der Waals surface area (Å²) >= 11 is 6.24. The lowest BCUT2D eigenvalue weighted by atomic mass is 9.85. The van der Waals surface area contributed by atoms with Crippen LogP contribution in [0.3, 0.4) is 0 Å². The molecule has 122 valence electrons. The number of nitrogens with one attached hydrogen (secondary N) is 1. The Hall–Kier alpha value is -1.62. The van der Waals surface area contributed by atoms with Gasteiger partial charge in [-0.3, -0.25) is 0 Å². The fourth-order valence-corrected chi connectivity index (χ4v) is 2.61. The second kappa shape index (κ2) is 8.13. The lowest BCUT2D eigenvalue weighted by Gasteiger charge is -2.25. The fraction of sp³-hybridized carbons (Fsp3) is 0.562. The van der Waals surface area contributed by atoms with Crippen molar-refractivity contribution >= 4 is 17.6 Å². The van der Waals surface area contributed by atoms with E-state index < -0.39 is 0 Å². The number of aliphatic imine (C=N–C) groups is 1. The Labute approximate surface area is 136 Å². The van der Waals surface area contributed by atoms with Crippen LogP contribution >= 0.6 is 11.6 Å². The molecule has 1 aromatic carbocycles. The van der Waals surface area contributed by atoms with Gasteiger partial charge in [0, 0.05) is 6.54 Å². The van der Waals surface area contributed by atoms with Gasteiger partial charge in [0.2, 0.25) is 0 Å². The first kappa shape index (κ1) is 16.7. The highest BCUT2D eigenvalue weighted by molar-refractivity contribution is 6.32. The Kier molecular flexibility index (Phi) is 6.19. The van der Waals surface area contributed by atoms with Crippen molar-refractivity contribution in [3.05, 3.63) is 22.7 Å². The molecule has 0 heterocycles. The van der Waals surface area contributed by atoms with E-state index in [-0.39, 0.29) is 0 Å². The summed E-state index contributed by atoms with van der Waals surface area (Å²) in [6.07, 6.45) is 3.89. The first-order valence-electron chi connectivity index (χ1n) is 7.67. The molecule has 0 spiro atoms. The molecule has 6 heteroatoms. The molecule has 1 aliphatic carbocycles. The maximum Gasteiger partial charge on any atom is 0.188 e. The Balaban J connectivity index is 1.97. The van der Waals surface area contributed by atoms with Crippen LogP contribution in [0.4, 0.5) is 0 Å². The predicted octanol–water partition coefficient (Wildman–Crippen LogP) is 2.95. The number of nitrogens with zero attached hydrogens (tertiary/aromatic N) is 1. The van der Waals surface area contributed by atoms with Gasteiger partial charge >= 0.3 is 0 Å². The van der Waals surface area contributed by atoms with E-state index in [0.717, 1.165) is 18.0 Å². The number of hydrogen-bond donors (Lipinski definition) is 2. The summed E-state index contributed by atoms with van der Waals surface area (Å²) in [6.45, 7) is 3.79. The highest BCUT2D eigenvalue weighted by atomic mass is 35.5. The van der Waals surface area contributed by atoms with Crippen LogP contribution in [0.1, 0.15) is 31.7 Å². The zero-order valence-electron chi connectivity index (χ0n) is 13.2. The molecule has 0 aromatic heterocycles. The van der Waals surface area contributed by atoms with Gasteiger partial charge in [-0.05, 0) is 43.4 Å². The standard InChI is InChI=1S/C16H24ClN3O2/c1-3-22-15-13(17)7-12(8-14(15)21-2)10-20-16(18)19-9-11-5-4-6-11/h7-8,11H,3-6,9-10H2,1-2H3,(H3,18,19,20). The van der Waals surface area contributed by atoms with Crippen molar-refractivity contribution in [1.29, 1.82) is 0 Å². The van der Waals surface area contributed by atoms with Crippen molar-refractivity contribution in [2.45, 2.75) is 32.7 Å². The highest BCUT2D eigenvalue weighted by Crippen LogP contribution is 2.36. The van der Waals surface area contributed by atoms with Crippen LogP contribution in [0, 0.1) is 5.92 Å². The minimum absolute atomic E-state index is 0.450. The summed E-state index contributed by atoms with van der Waals surface area (Å²) in [5.41, 5.74) is 6.81. The number of hydrogen-bond acceptors (Lipinski definition) is 3. The quantitative estimate of drug-likeness (QED) is 0.597. The van der Waals surface area contributed by atoms with E-state index in [1.165, 1.54) is 19.3 Å². The number of halogens is 1. The molecule has 22 heavy (non-hydrogen) atoms. The van der Waals surface area contributed by atoms with E-state index in [1.54, 1.807) is 7.11 Å². The molecular weight excluding hydrogens is 302 g/mol. The van der Waals surface area contributed by atoms with Crippen LogP contribution < -0.4 is 20.5 Å². The monoisotopic (exact) mass is 325 g/mol. The molecule has 0 unspecified atom stereocenters. The van der Waals surface area contributed by atoms with E-state index in [2.05, 4.69) is 10.3 Å². The summed E-state index contributed by atoms with van der Waals surface area (Å²) in [7, 11) is 1.59. The summed E-state index contributed by atoms with van der Waals surface area (Å²) in [4.78, 5) is 4.35.